The normalized spacial score (nSPS) is 13.3. The van der Waals surface area contributed by atoms with Crippen molar-refractivity contribution in [2.45, 2.75) is 60.5 Å². The summed E-state index contributed by atoms with van der Waals surface area (Å²) in [6.45, 7) is 13.1. The summed E-state index contributed by atoms with van der Waals surface area (Å²) in [5.41, 5.74) is 1.57. The molecule has 2 amide bonds. The van der Waals surface area contributed by atoms with E-state index in [9.17, 15) is 9.90 Å². The van der Waals surface area contributed by atoms with Crippen LogP contribution in [0.15, 0.2) is 6.20 Å². The molecule has 1 aromatic rings. The summed E-state index contributed by atoms with van der Waals surface area (Å²) in [5.74, 6) is 0.492. The van der Waals surface area contributed by atoms with Crippen molar-refractivity contribution in [3.8, 4) is 0 Å². The Hall–Kier alpha value is -1.56. The van der Waals surface area contributed by atoms with Crippen LogP contribution < -0.4 is 5.32 Å². The molecule has 1 aromatic heterocycles. The zero-order valence-electron chi connectivity index (χ0n) is 15.6. The maximum atomic E-state index is 12.5. The second kappa shape index (κ2) is 7.81. The predicted molar refractivity (Wildman–Crippen MR) is 93.6 cm³/mol. The van der Waals surface area contributed by atoms with E-state index in [1.807, 2.05) is 25.5 Å². The van der Waals surface area contributed by atoms with Crippen molar-refractivity contribution in [3.63, 3.8) is 0 Å². The lowest BCUT2D eigenvalue weighted by molar-refractivity contribution is 0.0885. The number of nitrogens with one attached hydrogen (secondary N) is 1. The van der Waals surface area contributed by atoms with Crippen LogP contribution in [0.5, 0.6) is 0 Å². The number of likely N-dealkylation sites (N-methyl/N-ethyl adjacent to an activating group) is 1. The van der Waals surface area contributed by atoms with E-state index in [1.54, 1.807) is 18.1 Å². The van der Waals surface area contributed by atoms with E-state index in [4.69, 9.17) is 0 Å². The lowest BCUT2D eigenvalue weighted by Gasteiger charge is -2.36. The van der Waals surface area contributed by atoms with Crippen molar-refractivity contribution in [1.82, 2.24) is 14.7 Å². The van der Waals surface area contributed by atoms with E-state index in [0.29, 0.717) is 5.92 Å². The summed E-state index contributed by atoms with van der Waals surface area (Å²) < 4.78 is 1.95. The summed E-state index contributed by atoms with van der Waals surface area (Å²) in [4.78, 5) is 14.1. The van der Waals surface area contributed by atoms with E-state index in [-0.39, 0.29) is 24.1 Å². The number of nitrogens with zero attached hydrogens (tertiary/aromatic N) is 3. The molecule has 0 aromatic carbocycles. The molecule has 1 rings (SSSR count). The Balaban J connectivity index is 2.90. The highest BCUT2D eigenvalue weighted by Gasteiger charge is 2.31. The summed E-state index contributed by atoms with van der Waals surface area (Å²) >= 11 is 0. The molecular weight excluding hydrogens is 292 g/mol. The molecule has 0 bridgehead atoms. The first kappa shape index (κ1) is 19.5. The van der Waals surface area contributed by atoms with E-state index < -0.39 is 0 Å². The van der Waals surface area contributed by atoms with Crippen LogP contribution in [-0.2, 0) is 13.0 Å². The minimum absolute atomic E-state index is 0.0688. The van der Waals surface area contributed by atoms with E-state index in [1.165, 1.54) is 0 Å². The fourth-order valence-corrected chi connectivity index (χ4v) is 2.71. The number of rotatable bonds is 6. The molecule has 0 fully saturated rings. The van der Waals surface area contributed by atoms with Crippen LogP contribution in [0.25, 0.3) is 0 Å². The van der Waals surface area contributed by atoms with Gasteiger partial charge in [-0.05, 0) is 17.8 Å². The van der Waals surface area contributed by atoms with Crippen LogP contribution in [0.2, 0.25) is 0 Å². The monoisotopic (exact) mass is 324 g/mol. The molecule has 23 heavy (non-hydrogen) atoms. The number of carbonyl (C=O) groups excluding carboxylic acids is 1. The van der Waals surface area contributed by atoms with Crippen molar-refractivity contribution >= 4 is 11.7 Å². The molecule has 0 aliphatic rings. The highest BCUT2D eigenvalue weighted by molar-refractivity contribution is 5.89. The van der Waals surface area contributed by atoms with Crippen molar-refractivity contribution in [3.05, 3.63) is 11.9 Å². The van der Waals surface area contributed by atoms with Crippen molar-refractivity contribution in [2.24, 2.45) is 11.3 Å². The van der Waals surface area contributed by atoms with Gasteiger partial charge in [0.25, 0.3) is 0 Å². The third-order valence-corrected chi connectivity index (χ3v) is 4.02. The molecule has 132 valence electrons. The zero-order chi connectivity index (χ0) is 17.8. The predicted octanol–water partition coefficient (Wildman–Crippen LogP) is 2.97. The number of hydrogen-bond donors (Lipinski definition) is 2. The van der Waals surface area contributed by atoms with Gasteiger partial charge in [-0.2, -0.15) is 5.10 Å². The first-order valence-electron chi connectivity index (χ1n) is 8.31. The van der Waals surface area contributed by atoms with Gasteiger partial charge in [-0.25, -0.2) is 4.79 Å². The highest BCUT2D eigenvalue weighted by Crippen LogP contribution is 2.24. The Bertz CT molecular complexity index is 517. The minimum atomic E-state index is -0.252. The quantitative estimate of drug-likeness (QED) is 0.845. The van der Waals surface area contributed by atoms with E-state index in [2.05, 4.69) is 31.2 Å². The Morgan fingerprint density at radius 1 is 1.43 bits per heavy atom. The molecule has 0 saturated heterocycles. The zero-order valence-corrected chi connectivity index (χ0v) is 15.6. The summed E-state index contributed by atoms with van der Waals surface area (Å²) in [6, 6.07) is -0.476. The average molecular weight is 324 g/mol. The number of aliphatic hydroxyl groups excluding tert-OH is 1. The third-order valence-electron chi connectivity index (χ3n) is 4.02. The first-order valence-corrected chi connectivity index (χ1v) is 8.31. The maximum absolute atomic E-state index is 12.5. The van der Waals surface area contributed by atoms with Crippen LogP contribution in [-0.4, -0.2) is 45.5 Å². The smallest absolute Gasteiger partial charge is 0.322 e. The second-order valence-corrected chi connectivity index (χ2v) is 7.54. The van der Waals surface area contributed by atoms with Gasteiger partial charge in [-0.15, -0.1) is 0 Å². The molecule has 0 saturated carbocycles. The summed E-state index contributed by atoms with van der Waals surface area (Å²) in [5, 5.41) is 16.9. The summed E-state index contributed by atoms with van der Waals surface area (Å²) in [6.07, 6.45) is 2.51. The maximum Gasteiger partial charge on any atom is 0.322 e. The Kier molecular flexibility index (Phi) is 6.62. The Morgan fingerprint density at radius 3 is 2.48 bits per heavy atom. The van der Waals surface area contributed by atoms with Crippen LogP contribution in [0.4, 0.5) is 10.5 Å². The third kappa shape index (κ3) is 4.96. The molecular formula is C17H32N4O2. The largest absolute Gasteiger partial charge is 0.394 e. The average Bonchev–Trinajstić information content (AvgIpc) is 2.78. The van der Waals surface area contributed by atoms with Crippen LogP contribution >= 0.6 is 0 Å². The van der Waals surface area contributed by atoms with Gasteiger partial charge in [0, 0.05) is 13.6 Å². The van der Waals surface area contributed by atoms with E-state index >= 15 is 0 Å². The van der Waals surface area contributed by atoms with Gasteiger partial charge in [0.05, 0.1) is 30.2 Å². The van der Waals surface area contributed by atoms with Crippen molar-refractivity contribution in [2.75, 3.05) is 19.0 Å². The number of aromatic nitrogens is 2. The first-order chi connectivity index (χ1) is 10.6. The second-order valence-electron chi connectivity index (χ2n) is 7.54. The number of anilines is 1. The van der Waals surface area contributed by atoms with Gasteiger partial charge in [-0.1, -0.05) is 41.5 Å². The number of amides is 2. The van der Waals surface area contributed by atoms with Gasteiger partial charge in [0.15, 0.2) is 0 Å². The van der Waals surface area contributed by atoms with Crippen LogP contribution in [0.3, 0.4) is 0 Å². The minimum Gasteiger partial charge on any atom is -0.394 e. The molecule has 0 aliphatic heterocycles. The topological polar surface area (TPSA) is 70.4 Å². The molecule has 1 heterocycles. The molecule has 2 N–H and O–H groups in total. The van der Waals surface area contributed by atoms with Gasteiger partial charge in [0.2, 0.25) is 0 Å². The fraction of sp³-hybridized carbons (Fsp3) is 0.765. The molecule has 0 spiro atoms. The Labute approximate surface area is 139 Å². The van der Waals surface area contributed by atoms with Crippen LogP contribution in [0.1, 0.15) is 47.2 Å². The standard InChI is InChI=1S/C17H32N4O2/c1-8-14-13(9-18-21(14)10-12(2)3)19-16(23)20(7)15(11-22)17(4,5)6/h9,12,15,22H,8,10-11H2,1-7H3,(H,19,23). The highest BCUT2D eigenvalue weighted by atomic mass is 16.3. The molecule has 1 atom stereocenters. The lowest BCUT2D eigenvalue weighted by atomic mass is 9.86. The molecule has 6 nitrogen and oxygen atoms in total. The molecule has 6 heteroatoms. The lowest BCUT2D eigenvalue weighted by Crippen LogP contribution is -2.48. The molecule has 0 radical (unpaired) electrons. The van der Waals surface area contributed by atoms with Gasteiger partial charge >= 0.3 is 6.03 Å². The fourth-order valence-electron chi connectivity index (χ4n) is 2.71. The van der Waals surface area contributed by atoms with Gasteiger partial charge in [-0.3, -0.25) is 4.68 Å². The number of aliphatic hydroxyl groups is 1. The van der Waals surface area contributed by atoms with Gasteiger partial charge in [0.1, 0.15) is 0 Å². The van der Waals surface area contributed by atoms with E-state index in [0.717, 1.165) is 24.3 Å². The number of urea groups is 1. The number of hydrogen-bond acceptors (Lipinski definition) is 3. The van der Waals surface area contributed by atoms with Crippen molar-refractivity contribution < 1.29 is 9.90 Å². The number of carbonyl (C=O) groups is 1. The Morgan fingerprint density at radius 2 is 2.04 bits per heavy atom. The molecule has 1 unspecified atom stereocenters. The summed E-state index contributed by atoms with van der Waals surface area (Å²) in [7, 11) is 1.71. The molecule has 0 aliphatic carbocycles. The van der Waals surface area contributed by atoms with Crippen molar-refractivity contribution in [1.29, 1.82) is 0 Å². The van der Waals surface area contributed by atoms with Gasteiger partial charge < -0.3 is 15.3 Å². The SMILES string of the molecule is CCc1c(NC(=O)N(C)C(CO)C(C)(C)C)cnn1CC(C)C. The van der Waals surface area contributed by atoms with Crippen LogP contribution in [0, 0.1) is 11.3 Å².